The van der Waals surface area contributed by atoms with Gasteiger partial charge in [-0.2, -0.15) is 0 Å². The monoisotopic (exact) mass is 444 g/mol. The van der Waals surface area contributed by atoms with E-state index >= 15 is 0 Å². The van der Waals surface area contributed by atoms with E-state index < -0.39 is 6.03 Å². The topological polar surface area (TPSA) is 66.9 Å². The first kappa shape index (κ1) is 19.3. The molecule has 1 heterocycles. The summed E-state index contributed by atoms with van der Waals surface area (Å²) in [4.78, 5) is 12.0. The Morgan fingerprint density at radius 2 is 1.73 bits per heavy atom. The second-order valence-corrected chi connectivity index (χ2v) is 8.46. The Bertz CT molecular complexity index is 918. The van der Waals surface area contributed by atoms with Gasteiger partial charge in [-0.1, -0.05) is 64.0 Å². The number of carbonyl (C=O) groups excluding carboxylic acids is 1. The van der Waals surface area contributed by atoms with Gasteiger partial charge >= 0.3 is 6.03 Å². The molecule has 0 saturated heterocycles. The molecular formula is C16H11Cl3N4OS2. The summed E-state index contributed by atoms with van der Waals surface area (Å²) in [6.07, 6.45) is 0. The van der Waals surface area contributed by atoms with Gasteiger partial charge < -0.3 is 5.32 Å². The first-order chi connectivity index (χ1) is 12.5. The lowest BCUT2D eigenvalue weighted by molar-refractivity contribution is 0.262. The molecule has 0 saturated carbocycles. The van der Waals surface area contributed by atoms with Crippen LogP contribution < -0.4 is 10.6 Å². The van der Waals surface area contributed by atoms with Gasteiger partial charge in [-0.15, -0.1) is 10.2 Å². The molecule has 0 aliphatic carbocycles. The number of amides is 2. The van der Waals surface area contributed by atoms with Gasteiger partial charge in [-0.05, 0) is 42.0 Å². The zero-order chi connectivity index (χ0) is 18.5. The van der Waals surface area contributed by atoms with Crippen LogP contribution in [0, 0.1) is 0 Å². The highest BCUT2D eigenvalue weighted by molar-refractivity contribution is 8.00. The molecule has 10 heteroatoms. The molecular weight excluding hydrogens is 435 g/mol. The molecule has 2 aromatic carbocycles. The van der Waals surface area contributed by atoms with Crippen LogP contribution in [0.1, 0.15) is 5.56 Å². The first-order valence-corrected chi connectivity index (χ1v) is 10.2. The summed E-state index contributed by atoms with van der Waals surface area (Å²) >= 11 is 20.6. The quantitative estimate of drug-likeness (QED) is 0.350. The van der Waals surface area contributed by atoms with Gasteiger partial charge in [0, 0.05) is 26.5 Å². The Labute approximate surface area is 173 Å². The second kappa shape index (κ2) is 8.92. The van der Waals surface area contributed by atoms with Crippen molar-refractivity contribution >= 4 is 74.8 Å². The molecule has 3 rings (SSSR count). The number of hydrogen-bond donors (Lipinski definition) is 2. The summed E-state index contributed by atoms with van der Waals surface area (Å²) in [7, 11) is 0. The number of nitrogens with zero attached hydrogens (tertiary/aromatic N) is 2. The number of hydrogen-bond acceptors (Lipinski definition) is 5. The zero-order valence-electron chi connectivity index (χ0n) is 13.0. The fourth-order valence-corrected chi connectivity index (χ4v) is 4.32. The third kappa shape index (κ3) is 5.49. The van der Waals surface area contributed by atoms with Gasteiger partial charge in [0.1, 0.15) is 0 Å². The smallest absolute Gasteiger partial charge is 0.308 e. The van der Waals surface area contributed by atoms with Crippen molar-refractivity contribution < 1.29 is 4.79 Å². The minimum absolute atomic E-state index is 0.402. The van der Waals surface area contributed by atoms with Crippen LogP contribution in [0.25, 0.3) is 0 Å². The molecule has 1 aromatic heterocycles. The van der Waals surface area contributed by atoms with Crippen molar-refractivity contribution in [1.29, 1.82) is 0 Å². The van der Waals surface area contributed by atoms with E-state index in [4.69, 9.17) is 34.8 Å². The van der Waals surface area contributed by atoms with Crippen LogP contribution in [0.5, 0.6) is 0 Å². The van der Waals surface area contributed by atoms with Gasteiger partial charge in [0.2, 0.25) is 5.13 Å². The largest absolute Gasteiger partial charge is 0.325 e. The highest BCUT2D eigenvalue weighted by atomic mass is 35.5. The fourth-order valence-electron chi connectivity index (χ4n) is 1.89. The summed E-state index contributed by atoms with van der Waals surface area (Å²) in [5.41, 5.74) is 1.58. The van der Waals surface area contributed by atoms with Crippen molar-refractivity contribution in [2.45, 2.75) is 10.1 Å². The number of rotatable bonds is 5. The number of carbonyl (C=O) groups is 1. The van der Waals surface area contributed by atoms with Crippen molar-refractivity contribution in [3.05, 3.63) is 63.1 Å². The Balaban J connectivity index is 1.54. The molecule has 26 heavy (non-hydrogen) atoms. The predicted molar refractivity (Wildman–Crippen MR) is 110 cm³/mol. The summed E-state index contributed by atoms with van der Waals surface area (Å²) < 4.78 is 0.720. The second-order valence-electron chi connectivity index (χ2n) is 4.98. The fraction of sp³-hybridized carbons (Fsp3) is 0.0625. The number of anilines is 2. The van der Waals surface area contributed by atoms with Crippen molar-refractivity contribution in [1.82, 2.24) is 10.2 Å². The van der Waals surface area contributed by atoms with Crippen molar-refractivity contribution in [2.75, 3.05) is 10.6 Å². The van der Waals surface area contributed by atoms with Gasteiger partial charge in [-0.3, -0.25) is 5.32 Å². The molecule has 0 aliphatic heterocycles. The van der Waals surface area contributed by atoms with Crippen LogP contribution in [0.15, 0.2) is 46.8 Å². The molecule has 2 N–H and O–H groups in total. The van der Waals surface area contributed by atoms with Crippen LogP contribution in [0.4, 0.5) is 15.6 Å². The number of thioether (sulfide) groups is 1. The maximum Gasteiger partial charge on any atom is 0.325 e. The standard InChI is InChI=1S/C16H11Cl3N4OS2/c17-10-3-5-12(6-4-10)20-14(24)21-15-22-23-16(26-15)25-8-9-1-2-11(18)7-13(9)19/h1-7H,8H2,(H2,20,21,22,24). The van der Waals surface area contributed by atoms with E-state index in [1.165, 1.54) is 23.1 Å². The van der Waals surface area contributed by atoms with E-state index in [2.05, 4.69) is 20.8 Å². The summed E-state index contributed by atoms with van der Waals surface area (Å²) in [6, 6.07) is 11.8. The number of nitrogens with one attached hydrogen (secondary N) is 2. The normalized spacial score (nSPS) is 10.6. The van der Waals surface area contributed by atoms with Gasteiger partial charge in [0.05, 0.1) is 0 Å². The number of urea groups is 1. The van der Waals surface area contributed by atoms with E-state index in [1.807, 2.05) is 6.07 Å². The SMILES string of the molecule is O=C(Nc1ccc(Cl)cc1)Nc1nnc(SCc2ccc(Cl)cc2Cl)s1. The first-order valence-electron chi connectivity index (χ1n) is 7.23. The molecule has 0 unspecified atom stereocenters. The predicted octanol–water partition coefficient (Wildman–Crippen LogP) is 6.43. The van der Waals surface area contributed by atoms with Crippen LogP contribution in [-0.4, -0.2) is 16.2 Å². The maximum atomic E-state index is 12.0. The average Bonchev–Trinajstić information content (AvgIpc) is 3.03. The number of halogens is 3. The Morgan fingerprint density at radius 1 is 1.00 bits per heavy atom. The molecule has 5 nitrogen and oxygen atoms in total. The van der Waals surface area contributed by atoms with Crippen molar-refractivity contribution in [3.8, 4) is 0 Å². The molecule has 0 bridgehead atoms. The molecule has 0 spiro atoms. The molecule has 3 aromatic rings. The van der Waals surface area contributed by atoms with Gasteiger partial charge in [0.25, 0.3) is 0 Å². The van der Waals surface area contributed by atoms with E-state index in [0.29, 0.717) is 31.6 Å². The minimum Gasteiger partial charge on any atom is -0.308 e. The summed E-state index contributed by atoms with van der Waals surface area (Å²) in [5.74, 6) is 0.627. The van der Waals surface area contributed by atoms with Gasteiger partial charge in [0.15, 0.2) is 4.34 Å². The Morgan fingerprint density at radius 3 is 2.46 bits per heavy atom. The summed E-state index contributed by atoms with van der Waals surface area (Å²) in [5, 5.41) is 15.6. The average molecular weight is 446 g/mol. The van der Waals surface area contributed by atoms with E-state index in [0.717, 1.165) is 9.90 Å². The third-order valence-corrected chi connectivity index (χ3v) is 5.96. The Hall–Kier alpha value is -1.51. The van der Waals surface area contributed by atoms with Crippen LogP contribution in [-0.2, 0) is 5.75 Å². The molecule has 0 atom stereocenters. The molecule has 134 valence electrons. The zero-order valence-corrected chi connectivity index (χ0v) is 16.9. The maximum absolute atomic E-state index is 12.0. The van der Waals surface area contributed by atoms with Crippen LogP contribution >= 0.6 is 57.9 Å². The van der Waals surface area contributed by atoms with E-state index in [1.54, 1.807) is 36.4 Å². The highest BCUT2D eigenvalue weighted by Gasteiger charge is 2.10. The molecule has 0 fully saturated rings. The van der Waals surface area contributed by atoms with Crippen LogP contribution in [0.2, 0.25) is 15.1 Å². The van der Waals surface area contributed by atoms with Crippen molar-refractivity contribution in [3.63, 3.8) is 0 Å². The van der Waals surface area contributed by atoms with Gasteiger partial charge in [-0.25, -0.2) is 4.79 Å². The number of benzene rings is 2. The Kier molecular flexibility index (Phi) is 6.61. The lowest BCUT2D eigenvalue weighted by atomic mass is 10.2. The lowest BCUT2D eigenvalue weighted by Gasteiger charge is -2.04. The minimum atomic E-state index is -0.402. The molecule has 0 radical (unpaired) electrons. The van der Waals surface area contributed by atoms with E-state index in [9.17, 15) is 4.79 Å². The highest BCUT2D eigenvalue weighted by Crippen LogP contribution is 2.31. The van der Waals surface area contributed by atoms with Crippen molar-refractivity contribution in [2.24, 2.45) is 0 Å². The number of aromatic nitrogens is 2. The van der Waals surface area contributed by atoms with E-state index in [-0.39, 0.29) is 0 Å². The molecule has 2 amide bonds. The summed E-state index contributed by atoms with van der Waals surface area (Å²) in [6.45, 7) is 0. The molecule has 0 aliphatic rings. The lowest BCUT2D eigenvalue weighted by Crippen LogP contribution is -2.19. The van der Waals surface area contributed by atoms with Crippen LogP contribution in [0.3, 0.4) is 0 Å². The third-order valence-electron chi connectivity index (χ3n) is 3.10.